The second-order valence-corrected chi connectivity index (χ2v) is 12.2. The second-order valence-electron chi connectivity index (χ2n) is 11.0. The normalized spacial score (nSPS) is 19.4. The minimum Gasteiger partial charge on any atom is -0.508 e. The van der Waals surface area contributed by atoms with Crippen molar-refractivity contribution in [2.75, 3.05) is 38.2 Å². The van der Waals surface area contributed by atoms with Crippen molar-refractivity contribution in [3.63, 3.8) is 0 Å². The van der Waals surface area contributed by atoms with Crippen molar-refractivity contribution in [2.45, 2.75) is 75.3 Å². The van der Waals surface area contributed by atoms with Crippen molar-refractivity contribution in [3.05, 3.63) is 53.6 Å². The fraction of sp³-hybridized carbons (Fsp3) is 0.600. The highest BCUT2D eigenvalue weighted by molar-refractivity contribution is 7.99. The molecule has 0 amide bonds. The maximum absolute atomic E-state index is 12.9. The third kappa shape index (κ3) is 8.65. The van der Waals surface area contributed by atoms with Gasteiger partial charge in [0.15, 0.2) is 0 Å². The highest BCUT2D eigenvalue weighted by Gasteiger charge is 2.56. The number of unbranched alkanes of at least 4 members (excludes halogenated alkanes) is 3. The van der Waals surface area contributed by atoms with E-state index in [-0.39, 0.29) is 35.0 Å². The Morgan fingerprint density at radius 3 is 2.27 bits per heavy atom. The van der Waals surface area contributed by atoms with Crippen LogP contribution in [-0.4, -0.2) is 65.5 Å². The highest BCUT2D eigenvalue weighted by atomic mass is 32.2. The molecule has 0 saturated carbocycles. The highest BCUT2D eigenvalue weighted by Crippen LogP contribution is 2.49. The van der Waals surface area contributed by atoms with Gasteiger partial charge >= 0.3 is 12.1 Å². The van der Waals surface area contributed by atoms with E-state index in [0.717, 1.165) is 62.1 Å². The van der Waals surface area contributed by atoms with E-state index in [1.807, 2.05) is 25.2 Å². The molecule has 1 aliphatic rings. The van der Waals surface area contributed by atoms with Gasteiger partial charge in [0.25, 0.3) is 0 Å². The van der Waals surface area contributed by atoms with Crippen LogP contribution in [0, 0.1) is 0 Å². The maximum Gasteiger partial charge on any atom is 0.453 e. The Balaban J connectivity index is 1.39. The van der Waals surface area contributed by atoms with Crippen LogP contribution >= 0.6 is 11.8 Å². The molecule has 2 aromatic carbocycles. The van der Waals surface area contributed by atoms with Gasteiger partial charge in [-0.3, -0.25) is 0 Å². The van der Waals surface area contributed by atoms with Crippen molar-refractivity contribution in [2.24, 2.45) is 0 Å². The fourth-order valence-electron chi connectivity index (χ4n) is 5.26. The summed E-state index contributed by atoms with van der Waals surface area (Å²) in [7, 11) is 2.00. The van der Waals surface area contributed by atoms with Gasteiger partial charge in [0.1, 0.15) is 17.2 Å². The van der Waals surface area contributed by atoms with Crippen LogP contribution in [0.5, 0.6) is 17.2 Å². The van der Waals surface area contributed by atoms with Crippen LogP contribution < -0.4 is 4.74 Å². The SMILES string of the molecule is CN(CCCCCCC1c2ccc(O)cc2OCC1(C)c1ccc(O)cc1)CCSCCCC(F)(F)C(F)(F)F. The molecule has 0 fully saturated rings. The van der Waals surface area contributed by atoms with Crippen molar-refractivity contribution in [1.82, 2.24) is 4.90 Å². The number of phenolic OH excluding ortho intramolecular Hbond substituents is 2. The monoisotopic (exact) mass is 589 g/mol. The van der Waals surface area contributed by atoms with Crippen LogP contribution in [0.25, 0.3) is 0 Å². The molecule has 0 radical (unpaired) electrons. The molecule has 4 nitrogen and oxygen atoms in total. The molecule has 2 unspecified atom stereocenters. The van der Waals surface area contributed by atoms with E-state index in [4.69, 9.17) is 4.74 Å². The Bertz CT molecular complexity index is 1070. The molecule has 2 atom stereocenters. The molecule has 10 heteroatoms. The molecule has 2 N–H and O–H groups in total. The molecule has 0 aliphatic carbocycles. The summed E-state index contributed by atoms with van der Waals surface area (Å²) in [4.78, 5) is 2.17. The molecule has 3 rings (SSSR count). The van der Waals surface area contributed by atoms with Gasteiger partial charge in [-0.2, -0.15) is 33.7 Å². The third-order valence-electron chi connectivity index (χ3n) is 7.79. The first-order valence-corrected chi connectivity index (χ1v) is 14.9. The Morgan fingerprint density at radius 1 is 0.900 bits per heavy atom. The van der Waals surface area contributed by atoms with Gasteiger partial charge < -0.3 is 19.8 Å². The van der Waals surface area contributed by atoms with Crippen LogP contribution in [0.3, 0.4) is 0 Å². The quantitative estimate of drug-likeness (QED) is 0.162. The van der Waals surface area contributed by atoms with Crippen LogP contribution in [0.15, 0.2) is 42.5 Å². The minimum atomic E-state index is -5.47. The van der Waals surface area contributed by atoms with E-state index >= 15 is 0 Å². The van der Waals surface area contributed by atoms with Gasteiger partial charge in [-0.1, -0.05) is 44.4 Å². The first kappa shape index (κ1) is 32.3. The van der Waals surface area contributed by atoms with Gasteiger partial charge in [-0.05, 0) is 67.9 Å². The fourth-order valence-corrected chi connectivity index (χ4v) is 6.26. The molecule has 224 valence electrons. The summed E-state index contributed by atoms with van der Waals surface area (Å²) in [5, 5.41) is 19.7. The van der Waals surface area contributed by atoms with Crippen molar-refractivity contribution < 1.29 is 36.9 Å². The Kier molecular flexibility index (Phi) is 11.4. The van der Waals surface area contributed by atoms with Crippen LogP contribution in [0.2, 0.25) is 0 Å². The number of nitrogens with zero attached hydrogens (tertiary/aromatic N) is 1. The summed E-state index contributed by atoms with van der Waals surface area (Å²) in [6, 6.07) is 12.6. The van der Waals surface area contributed by atoms with E-state index in [1.165, 1.54) is 11.8 Å². The lowest BCUT2D eigenvalue weighted by Crippen LogP contribution is -2.40. The first-order chi connectivity index (χ1) is 18.8. The summed E-state index contributed by atoms with van der Waals surface area (Å²) in [6.07, 6.45) is -1.66. The topological polar surface area (TPSA) is 52.9 Å². The summed E-state index contributed by atoms with van der Waals surface area (Å²) < 4.78 is 68.6. The smallest absolute Gasteiger partial charge is 0.453 e. The number of hydrogen-bond donors (Lipinski definition) is 2. The lowest BCUT2D eigenvalue weighted by Gasteiger charge is -2.43. The molecular weight excluding hydrogens is 549 g/mol. The number of alkyl halides is 5. The van der Waals surface area contributed by atoms with Crippen LogP contribution in [0.4, 0.5) is 22.0 Å². The molecule has 1 aliphatic heterocycles. The van der Waals surface area contributed by atoms with Crippen molar-refractivity contribution in [3.8, 4) is 17.2 Å². The Hall–Kier alpha value is -2.20. The summed E-state index contributed by atoms with van der Waals surface area (Å²) in [6.45, 7) is 4.33. The molecule has 0 spiro atoms. The van der Waals surface area contributed by atoms with E-state index in [0.29, 0.717) is 12.4 Å². The average Bonchev–Trinajstić information content (AvgIpc) is 2.89. The molecule has 40 heavy (non-hydrogen) atoms. The zero-order valence-electron chi connectivity index (χ0n) is 23.2. The van der Waals surface area contributed by atoms with Crippen molar-refractivity contribution >= 4 is 11.8 Å². The Morgan fingerprint density at radius 2 is 1.57 bits per heavy atom. The number of ether oxygens (including phenoxy) is 1. The minimum absolute atomic E-state index is 0.161. The summed E-state index contributed by atoms with van der Waals surface area (Å²) in [5.74, 6) is -2.31. The number of aromatic hydroxyl groups is 2. The predicted molar refractivity (Wildman–Crippen MR) is 150 cm³/mol. The number of halogens is 5. The molecule has 0 saturated heterocycles. The van der Waals surface area contributed by atoms with Gasteiger partial charge in [-0.15, -0.1) is 0 Å². The average molecular weight is 590 g/mol. The molecule has 0 aromatic heterocycles. The number of phenols is 2. The number of fused-ring (bicyclic) bond motifs is 1. The number of hydrogen-bond acceptors (Lipinski definition) is 5. The number of thioether (sulfide) groups is 1. The maximum atomic E-state index is 12.9. The van der Waals surface area contributed by atoms with Gasteiger partial charge in [0.2, 0.25) is 0 Å². The summed E-state index contributed by atoms with van der Waals surface area (Å²) in [5.41, 5.74) is 1.90. The standard InChI is InChI=1S/C30H40F5NO3S/c1-28(22-9-11-23(37)12-10-22)21-39-27-20-24(38)13-14-25(27)26(28)8-5-3-4-6-16-36(2)17-19-40-18-7-15-29(31,32)30(33,34)35/h9-14,20,26,37-38H,3-8,15-19,21H2,1-2H3. The van der Waals surface area contributed by atoms with E-state index < -0.39 is 18.5 Å². The zero-order valence-corrected chi connectivity index (χ0v) is 24.0. The molecule has 1 heterocycles. The molecule has 2 aromatic rings. The first-order valence-electron chi connectivity index (χ1n) is 13.8. The predicted octanol–water partition coefficient (Wildman–Crippen LogP) is 8.13. The Labute approximate surface area is 237 Å². The number of benzene rings is 2. The van der Waals surface area contributed by atoms with Gasteiger partial charge in [-0.25, -0.2) is 0 Å². The van der Waals surface area contributed by atoms with E-state index in [2.05, 4.69) is 11.8 Å². The van der Waals surface area contributed by atoms with Gasteiger partial charge in [0, 0.05) is 36.1 Å². The van der Waals surface area contributed by atoms with Crippen molar-refractivity contribution in [1.29, 1.82) is 0 Å². The summed E-state index contributed by atoms with van der Waals surface area (Å²) >= 11 is 1.41. The van der Waals surface area contributed by atoms with Crippen LogP contribution in [0.1, 0.15) is 68.9 Å². The molecular formula is C30H40F5NO3S. The third-order valence-corrected chi connectivity index (χ3v) is 8.84. The zero-order chi connectivity index (χ0) is 29.4. The van der Waals surface area contributed by atoms with E-state index in [1.54, 1.807) is 24.3 Å². The lowest BCUT2D eigenvalue weighted by molar-refractivity contribution is -0.284. The van der Waals surface area contributed by atoms with E-state index in [9.17, 15) is 32.2 Å². The van der Waals surface area contributed by atoms with Crippen LogP contribution in [-0.2, 0) is 5.41 Å². The lowest BCUT2D eigenvalue weighted by atomic mass is 9.66. The second kappa shape index (κ2) is 14.1. The largest absolute Gasteiger partial charge is 0.508 e. The van der Waals surface area contributed by atoms with Gasteiger partial charge in [0.05, 0.1) is 6.61 Å². The molecule has 0 bridgehead atoms. The number of rotatable bonds is 15.